The number of allylic oxidation sites excluding steroid dienone is 1. The Kier molecular flexibility index (Phi) is 0.506. The summed E-state index contributed by atoms with van der Waals surface area (Å²) < 4.78 is 0. The molecule has 0 bridgehead atoms. The van der Waals surface area contributed by atoms with Crippen LogP contribution in [0.4, 0.5) is 0 Å². The van der Waals surface area contributed by atoms with E-state index in [-0.39, 0.29) is 0 Å². The van der Waals surface area contributed by atoms with Gasteiger partial charge >= 0.3 is 5.87 Å². The van der Waals surface area contributed by atoms with E-state index in [1.54, 1.807) is 0 Å². The first kappa shape index (κ1) is 3.14. The van der Waals surface area contributed by atoms with Gasteiger partial charge in [0.15, 0.2) is 5.70 Å². The molecule has 1 aliphatic rings. The standard InChI is InChI=1S/C4H3N2/c1-4-2-3-5-6-4/h1H3/q+1. The van der Waals surface area contributed by atoms with E-state index in [1.807, 2.05) is 6.92 Å². The van der Waals surface area contributed by atoms with Crippen molar-refractivity contribution in [1.82, 2.24) is 0 Å². The van der Waals surface area contributed by atoms with E-state index < -0.39 is 0 Å². The molecule has 0 aromatic carbocycles. The lowest BCUT2D eigenvalue weighted by molar-refractivity contribution is -0.0673. The van der Waals surface area contributed by atoms with Crippen LogP contribution in [-0.2, 0) is 0 Å². The van der Waals surface area contributed by atoms with Crippen LogP contribution >= 0.6 is 0 Å². The smallest absolute Gasteiger partial charge is 0.00635 e. The van der Waals surface area contributed by atoms with Gasteiger partial charge in [-0.05, 0) is 6.92 Å². The topological polar surface area (TPSA) is 26.5 Å². The van der Waals surface area contributed by atoms with Gasteiger partial charge in [-0.3, -0.25) is 0 Å². The van der Waals surface area contributed by atoms with E-state index in [0.717, 1.165) is 5.70 Å². The summed E-state index contributed by atoms with van der Waals surface area (Å²) in [5.41, 5.74) is 3.45. The zero-order chi connectivity index (χ0) is 4.41. The van der Waals surface area contributed by atoms with Crippen LogP contribution in [0, 0.1) is 0 Å². The summed E-state index contributed by atoms with van der Waals surface area (Å²) >= 11 is 0. The highest BCUT2D eigenvalue weighted by Crippen LogP contribution is 1.86. The van der Waals surface area contributed by atoms with Crippen molar-refractivity contribution in [2.45, 2.75) is 6.92 Å². The van der Waals surface area contributed by atoms with Gasteiger partial charge in [0.05, 0.1) is 5.73 Å². The number of hydrogen-bond donors (Lipinski definition) is 0. The van der Waals surface area contributed by atoms with Crippen LogP contribution < -0.4 is 0 Å². The molecule has 0 amide bonds. The molecular formula is C4H3N2+. The molecule has 0 radical (unpaired) electrons. The molecule has 0 unspecified atom stereocenters. The first-order chi connectivity index (χ1) is 2.89. The molecule has 2 heteroatoms. The summed E-state index contributed by atoms with van der Waals surface area (Å²) in [5.74, 6) is 2.44. The molecule has 0 saturated carbocycles. The summed E-state index contributed by atoms with van der Waals surface area (Å²) in [7, 11) is 0. The van der Waals surface area contributed by atoms with Gasteiger partial charge in [-0.1, -0.05) is 0 Å². The van der Waals surface area contributed by atoms with Crippen molar-refractivity contribution in [2.75, 3.05) is 0 Å². The summed E-state index contributed by atoms with van der Waals surface area (Å²) in [6.45, 7) is 1.82. The Morgan fingerprint density at radius 2 is 2.67 bits per heavy atom. The molecule has 0 spiro atoms. The fraction of sp³-hybridized carbons (Fsp3) is 0.250. The maximum atomic E-state index is 3.56. The summed E-state index contributed by atoms with van der Waals surface area (Å²) in [6, 6.07) is 0. The third-order valence-electron chi connectivity index (χ3n) is 0.487. The van der Waals surface area contributed by atoms with Crippen molar-refractivity contribution in [3.8, 4) is 0 Å². The lowest BCUT2D eigenvalue weighted by atomic mass is 10.6. The molecule has 2 nitrogen and oxygen atoms in total. The normalized spacial score (nSPS) is 13.2. The molecular weight excluding hydrogens is 76.1 g/mol. The van der Waals surface area contributed by atoms with Crippen molar-refractivity contribution in [3.05, 3.63) is 11.4 Å². The molecule has 0 atom stereocenters. The van der Waals surface area contributed by atoms with Gasteiger partial charge < -0.3 is 0 Å². The van der Waals surface area contributed by atoms with Crippen molar-refractivity contribution < 1.29 is 4.79 Å². The minimum Gasteiger partial charge on any atom is -0.00635 e. The van der Waals surface area contributed by atoms with Crippen molar-refractivity contribution >= 4 is 5.87 Å². The molecule has 0 aromatic rings. The Balaban J connectivity index is 3.24. The second-order valence-electron chi connectivity index (χ2n) is 1.02. The van der Waals surface area contributed by atoms with Crippen LogP contribution in [0.3, 0.4) is 0 Å². The molecule has 6 heavy (non-hydrogen) atoms. The molecule has 1 heterocycles. The zero-order valence-electron chi connectivity index (χ0n) is 3.39. The number of rotatable bonds is 0. The molecule has 1 rings (SSSR count). The summed E-state index contributed by atoms with van der Waals surface area (Å²) in [5, 5.41) is 3.56. The largest absolute Gasteiger partial charge is 0.408 e. The van der Waals surface area contributed by atoms with Gasteiger partial charge in [0.1, 0.15) is 9.90 Å². The molecule has 0 aliphatic carbocycles. The highest BCUT2D eigenvalue weighted by atomic mass is 15.0. The molecule has 28 valence electrons. The van der Waals surface area contributed by atoms with E-state index in [1.165, 1.54) is 0 Å². The highest BCUT2D eigenvalue weighted by molar-refractivity contribution is 5.45. The monoisotopic (exact) mass is 79.0 g/mol. The summed E-state index contributed by atoms with van der Waals surface area (Å²) in [6.07, 6.45) is 0. The lowest BCUT2D eigenvalue weighted by Crippen LogP contribution is -1.52. The average molecular weight is 79.1 g/mol. The molecule has 0 aromatic heterocycles. The highest BCUT2D eigenvalue weighted by Gasteiger charge is 1.90. The van der Waals surface area contributed by atoms with Crippen LogP contribution in [-0.4, -0.2) is 10.7 Å². The van der Waals surface area contributed by atoms with Gasteiger partial charge in [0.25, 0.3) is 0 Å². The van der Waals surface area contributed by atoms with Crippen LogP contribution in [0.5, 0.6) is 0 Å². The number of hydrogen-bond acceptors (Lipinski definition) is 1. The Hall–Kier alpha value is -1.06. The molecule has 1 aliphatic heterocycles. The third kappa shape index (κ3) is 0.314. The minimum atomic E-state index is 0.801. The second kappa shape index (κ2) is 0.965. The molecule has 0 saturated heterocycles. The van der Waals surface area contributed by atoms with Gasteiger partial charge in [-0.2, -0.15) is 0 Å². The summed E-state index contributed by atoms with van der Waals surface area (Å²) in [4.78, 5) is 3.39. The lowest BCUT2D eigenvalue weighted by Gasteiger charge is -1.53. The third-order valence-corrected chi connectivity index (χ3v) is 0.487. The first-order valence-electron chi connectivity index (χ1n) is 1.65. The van der Waals surface area contributed by atoms with Crippen LogP contribution in [0.1, 0.15) is 6.92 Å². The number of nitrogens with zero attached hydrogens (tertiary/aromatic N) is 2. The van der Waals surface area contributed by atoms with E-state index in [0.29, 0.717) is 0 Å². The van der Waals surface area contributed by atoms with Crippen LogP contribution in [0.25, 0.3) is 0 Å². The SMILES string of the molecule is CC1=C=C=[N+]=N1. The molecule has 0 N–H and O–H groups in total. The van der Waals surface area contributed by atoms with Crippen molar-refractivity contribution in [3.63, 3.8) is 0 Å². The Morgan fingerprint density at radius 1 is 1.83 bits per heavy atom. The maximum Gasteiger partial charge on any atom is 0.408 e. The van der Waals surface area contributed by atoms with Gasteiger partial charge in [0.2, 0.25) is 0 Å². The van der Waals surface area contributed by atoms with E-state index in [4.69, 9.17) is 0 Å². The second-order valence-corrected chi connectivity index (χ2v) is 1.02. The van der Waals surface area contributed by atoms with Crippen LogP contribution in [0.2, 0.25) is 0 Å². The van der Waals surface area contributed by atoms with Gasteiger partial charge in [0, 0.05) is 0 Å². The average Bonchev–Trinajstić information content (AvgIpc) is 1.86. The van der Waals surface area contributed by atoms with Crippen molar-refractivity contribution in [2.24, 2.45) is 5.11 Å². The van der Waals surface area contributed by atoms with E-state index >= 15 is 0 Å². The Labute approximate surface area is 35.2 Å². The van der Waals surface area contributed by atoms with Crippen molar-refractivity contribution in [1.29, 1.82) is 0 Å². The molecule has 0 fully saturated rings. The quantitative estimate of drug-likeness (QED) is 0.296. The minimum absolute atomic E-state index is 0.801. The van der Waals surface area contributed by atoms with Gasteiger partial charge in [-0.15, -0.1) is 0 Å². The predicted molar refractivity (Wildman–Crippen MR) is 20.4 cm³/mol. The van der Waals surface area contributed by atoms with E-state index in [2.05, 4.69) is 21.5 Å². The van der Waals surface area contributed by atoms with Crippen LogP contribution in [0.15, 0.2) is 16.5 Å². The predicted octanol–water partition coefficient (Wildman–Crippen LogP) is 0.389. The maximum absolute atomic E-state index is 3.56. The van der Waals surface area contributed by atoms with E-state index in [9.17, 15) is 0 Å². The zero-order valence-corrected chi connectivity index (χ0v) is 3.39. The first-order valence-corrected chi connectivity index (χ1v) is 1.65. The Morgan fingerprint density at radius 3 is 2.83 bits per heavy atom. The fourth-order valence-corrected chi connectivity index (χ4v) is 0.231. The van der Waals surface area contributed by atoms with Gasteiger partial charge in [-0.25, -0.2) is 0 Å². The fourth-order valence-electron chi connectivity index (χ4n) is 0.231. The Bertz CT molecular complexity index is 184.